The Balaban J connectivity index is 1.87. The number of nitrogens with zero attached hydrogens (tertiary/aromatic N) is 3. The summed E-state index contributed by atoms with van der Waals surface area (Å²) < 4.78 is 1.90. The number of benzene rings is 2. The van der Waals surface area contributed by atoms with Crippen LogP contribution in [0, 0.1) is 6.92 Å². The van der Waals surface area contributed by atoms with Crippen molar-refractivity contribution in [1.82, 2.24) is 25.4 Å². The summed E-state index contributed by atoms with van der Waals surface area (Å²) >= 11 is 7.21. The summed E-state index contributed by atoms with van der Waals surface area (Å²) in [4.78, 5) is 23.8. The zero-order valence-electron chi connectivity index (χ0n) is 16.3. The highest BCUT2D eigenvalue weighted by Gasteiger charge is 2.19. The number of amides is 3. The Morgan fingerprint density at radius 1 is 1.17 bits per heavy atom. The van der Waals surface area contributed by atoms with E-state index in [1.807, 2.05) is 47.9 Å². The quantitative estimate of drug-likeness (QED) is 0.427. The van der Waals surface area contributed by atoms with Gasteiger partial charge in [0.25, 0.3) is 0 Å². The number of nitrogens with one attached hydrogen (secondary N) is 2. The highest BCUT2D eigenvalue weighted by molar-refractivity contribution is 7.99. The third-order valence-electron chi connectivity index (χ3n) is 4.08. The van der Waals surface area contributed by atoms with Crippen molar-refractivity contribution in [1.29, 1.82) is 0 Å². The molecule has 0 aliphatic heterocycles. The van der Waals surface area contributed by atoms with Gasteiger partial charge in [0.05, 0.1) is 11.4 Å². The summed E-state index contributed by atoms with van der Waals surface area (Å²) in [5.41, 5.74) is 2.77. The number of aryl methyl sites for hydroxylation is 1. The smallest absolute Gasteiger partial charge is 0.321 e. The van der Waals surface area contributed by atoms with Crippen molar-refractivity contribution in [2.24, 2.45) is 0 Å². The molecule has 0 saturated carbocycles. The van der Waals surface area contributed by atoms with E-state index in [1.165, 1.54) is 17.8 Å². The first-order valence-electron chi connectivity index (χ1n) is 9.08. The van der Waals surface area contributed by atoms with Gasteiger partial charge < -0.3 is 5.32 Å². The second-order valence-electron chi connectivity index (χ2n) is 6.27. The van der Waals surface area contributed by atoms with Gasteiger partial charge in [0.2, 0.25) is 5.91 Å². The number of carbonyl (C=O) groups excluding carboxylic acids is 2. The lowest BCUT2D eigenvalue weighted by atomic mass is 10.1. The van der Waals surface area contributed by atoms with E-state index in [4.69, 9.17) is 11.6 Å². The molecule has 0 saturated heterocycles. The van der Waals surface area contributed by atoms with Gasteiger partial charge in [-0.05, 0) is 42.8 Å². The number of hydrogen-bond acceptors (Lipinski definition) is 5. The fourth-order valence-corrected chi connectivity index (χ4v) is 3.55. The first-order valence-corrected chi connectivity index (χ1v) is 10.4. The highest BCUT2D eigenvalue weighted by Crippen LogP contribution is 2.29. The molecule has 3 rings (SSSR count). The van der Waals surface area contributed by atoms with Gasteiger partial charge in [-0.2, -0.15) is 0 Å². The third-order valence-corrected chi connectivity index (χ3v) is 5.27. The lowest BCUT2D eigenvalue weighted by Gasteiger charge is -2.13. The van der Waals surface area contributed by atoms with Crippen LogP contribution >= 0.6 is 23.4 Å². The molecule has 0 aliphatic rings. The van der Waals surface area contributed by atoms with Crippen molar-refractivity contribution < 1.29 is 9.59 Å². The maximum absolute atomic E-state index is 12.1. The van der Waals surface area contributed by atoms with E-state index >= 15 is 0 Å². The van der Waals surface area contributed by atoms with Crippen molar-refractivity contribution >= 4 is 35.3 Å². The maximum atomic E-state index is 12.1. The first kappa shape index (κ1) is 21.6. The van der Waals surface area contributed by atoms with Gasteiger partial charge in [-0.25, -0.2) is 4.79 Å². The number of hydrogen-bond donors (Lipinski definition) is 2. The van der Waals surface area contributed by atoms with Crippen molar-refractivity contribution in [3.05, 3.63) is 71.8 Å². The topological polar surface area (TPSA) is 88.9 Å². The van der Waals surface area contributed by atoms with E-state index in [1.54, 1.807) is 12.1 Å². The molecule has 1 aromatic heterocycles. The van der Waals surface area contributed by atoms with E-state index in [0.717, 1.165) is 16.8 Å². The molecule has 0 aliphatic carbocycles. The minimum Gasteiger partial charge on any atom is -0.334 e. The van der Waals surface area contributed by atoms with Crippen LogP contribution in [0.15, 0.2) is 66.3 Å². The van der Waals surface area contributed by atoms with Crippen LogP contribution < -0.4 is 10.6 Å². The molecular formula is C21H20ClN5O2S. The average Bonchev–Trinajstić information content (AvgIpc) is 3.15. The van der Waals surface area contributed by atoms with E-state index in [2.05, 4.69) is 27.4 Å². The number of rotatable bonds is 7. The van der Waals surface area contributed by atoms with E-state index in [-0.39, 0.29) is 12.3 Å². The lowest BCUT2D eigenvalue weighted by molar-refractivity contribution is -0.117. The monoisotopic (exact) mass is 441 g/mol. The Labute approximate surface area is 183 Å². The largest absolute Gasteiger partial charge is 0.334 e. The number of halogens is 1. The minimum absolute atomic E-state index is 0.00609. The van der Waals surface area contributed by atoms with Gasteiger partial charge in [-0.15, -0.1) is 16.8 Å². The van der Waals surface area contributed by atoms with E-state index < -0.39 is 11.9 Å². The fourth-order valence-electron chi connectivity index (χ4n) is 2.68. The molecule has 0 radical (unpaired) electrons. The van der Waals surface area contributed by atoms with Gasteiger partial charge in [-0.3, -0.25) is 14.7 Å². The van der Waals surface area contributed by atoms with Crippen LogP contribution in [0.25, 0.3) is 17.1 Å². The van der Waals surface area contributed by atoms with Crippen LogP contribution in [0.5, 0.6) is 0 Å². The summed E-state index contributed by atoms with van der Waals surface area (Å²) in [5.74, 6) is 0.202. The molecule has 0 spiro atoms. The zero-order chi connectivity index (χ0) is 21.5. The zero-order valence-corrected chi connectivity index (χ0v) is 17.8. The molecule has 7 nitrogen and oxygen atoms in total. The molecule has 2 N–H and O–H groups in total. The molecule has 9 heteroatoms. The van der Waals surface area contributed by atoms with Crippen molar-refractivity contribution in [2.75, 3.05) is 12.3 Å². The summed E-state index contributed by atoms with van der Waals surface area (Å²) in [6, 6.07) is 14.6. The molecule has 0 unspecified atom stereocenters. The Morgan fingerprint density at radius 3 is 2.60 bits per heavy atom. The minimum atomic E-state index is -0.567. The molecule has 1 heterocycles. The average molecular weight is 442 g/mol. The van der Waals surface area contributed by atoms with Gasteiger partial charge in [0, 0.05) is 17.1 Å². The first-order chi connectivity index (χ1) is 14.5. The van der Waals surface area contributed by atoms with Gasteiger partial charge in [-0.1, -0.05) is 47.6 Å². The molecule has 0 atom stereocenters. The molecule has 3 aromatic rings. The van der Waals surface area contributed by atoms with Crippen LogP contribution in [0.4, 0.5) is 4.79 Å². The van der Waals surface area contributed by atoms with Crippen LogP contribution in [-0.4, -0.2) is 39.0 Å². The summed E-state index contributed by atoms with van der Waals surface area (Å²) in [5, 5.41) is 14.6. The number of thioether (sulfide) groups is 1. The van der Waals surface area contributed by atoms with Crippen molar-refractivity contribution in [3.63, 3.8) is 0 Å². The van der Waals surface area contributed by atoms with Gasteiger partial charge >= 0.3 is 6.03 Å². The Kier molecular flexibility index (Phi) is 7.26. The van der Waals surface area contributed by atoms with Crippen LogP contribution in [0.2, 0.25) is 5.02 Å². The second kappa shape index (κ2) is 10.1. The molecule has 3 amide bonds. The lowest BCUT2D eigenvalue weighted by Crippen LogP contribution is -2.40. The van der Waals surface area contributed by atoms with Crippen LogP contribution in [-0.2, 0) is 4.79 Å². The Bertz CT molecular complexity index is 1070. The van der Waals surface area contributed by atoms with E-state index in [9.17, 15) is 9.59 Å². The second-order valence-corrected chi connectivity index (χ2v) is 7.65. The van der Waals surface area contributed by atoms with E-state index in [0.29, 0.717) is 16.0 Å². The number of imide groups is 1. The standard InChI is InChI=1S/C21H20ClN5O2S/c1-3-12-23-20(29)24-18(28)13-30-21-26-25-19(15-8-10-16(22)11-9-15)27(21)17-7-5-4-6-14(17)2/h3-11H,1,12-13H2,2H3,(H2,23,24,28,29). The summed E-state index contributed by atoms with van der Waals surface area (Å²) in [6.07, 6.45) is 1.53. The molecular weight excluding hydrogens is 422 g/mol. The predicted octanol–water partition coefficient (Wildman–Crippen LogP) is 4.00. The molecule has 154 valence electrons. The summed E-state index contributed by atoms with van der Waals surface area (Å²) in [7, 11) is 0. The number of aromatic nitrogens is 3. The third kappa shape index (κ3) is 5.28. The normalized spacial score (nSPS) is 10.5. The molecule has 2 aromatic carbocycles. The number of para-hydroxylation sites is 1. The summed E-state index contributed by atoms with van der Waals surface area (Å²) in [6.45, 7) is 5.78. The number of urea groups is 1. The maximum Gasteiger partial charge on any atom is 0.321 e. The SMILES string of the molecule is C=CCNC(=O)NC(=O)CSc1nnc(-c2ccc(Cl)cc2)n1-c1ccccc1C. The van der Waals surface area contributed by atoms with Crippen molar-refractivity contribution in [2.45, 2.75) is 12.1 Å². The van der Waals surface area contributed by atoms with Crippen LogP contribution in [0.1, 0.15) is 5.56 Å². The van der Waals surface area contributed by atoms with Crippen LogP contribution in [0.3, 0.4) is 0 Å². The Hall–Kier alpha value is -3.10. The highest BCUT2D eigenvalue weighted by atomic mass is 35.5. The Morgan fingerprint density at radius 2 is 1.90 bits per heavy atom. The van der Waals surface area contributed by atoms with Gasteiger partial charge in [0.1, 0.15) is 0 Å². The molecule has 0 bridgehead atoms. The predicted molar refractivity (Wildman–Crippen MR) is 119 cm³/mol. The molecule has 0 fully saturated rings. The van der Waals surface area contributed by atoms with Crippen molar-refractivity contribution in [3.8, 4) is 17.1 Å². The molecule has 30 heavy (non-hydrogen) atoms. The fraction of sp³-hybridized carbons (Fsp3) is 0.143. The number of carbonyl (C=O) groups is 2. The van der Waals surface area contributed by atoms with Gasteiger partial charge in [0.15, 0.2) is 11.0 Å².